The lowest BCUT2D eigenvalue weighted by Crippen LogP contribution is -2.34. The average molecular weight is 392 g/mol. The van der Waals surface area contributed by atoms with Gasteiger partial charge in [-0.15, -0.1) is 0 Å². The lowest BCUT2D eigenvalue weighted by Gasteiger charge is -2.31. The number of ether oxygens (including phenoxy) is 1. The van der Waals surface area contributed by atoms with E-state index in [1.54, 1.807) is 25.3 Å². The predicted octanol–water partition coefficient (Wildman–Crippen LogP) is 3.71. The summed E-state index contributed by atoms with van der Waals surface area (Å²) in [5, 5.41) is 7.00. The van der Waals surface area contributed by atoms with E-state index in [-0.39, 0.29) is 17.6 Å². The number of amides is 1. The van der Waals surface area contributed by atoms with E-state index in [1.165, 1.54) is 5.56 Å². The summed E-state index contributed by atoms with van der Waals surface area (Å²) >= 11 is 0. The van der Waals surface area contributed by atoms with Gasteiger partial charge in [-0.2, -0.15) is 0 Å². The van der Waals surface area contributed by atoms with Crippen LogP contribution in [0.3, 0.4) is 0 Å². The van der Waals surface area contributed by atoms with Gasteiger partial charge in [0.05, 0.1) is 18.5 Å². The Kier molecular flexibility index (Phi) is 5.86. The molecular weight excluding hydrogens is 368 g/mol. The van der Waals surface area contributed by atoms with Gasteiger partial charge in [-0.3, -0.25) is 14.7 Å². The van der Waals surface area contributed by atoms with Crippen LogP contribution in [0.15, 0.2) is 59.4 Å². The molecule has 3 aromatic rings. The van der Waals surface area contributed by atoms with Gasteiger partial charge in [-0.05, 0) is 49.2 Å². The van der Waals surface area contributed by atoms with Gasteiger partial charge in [0, 0.05) is 37.5 Å². The number of nitrogens with zero attached hydrogens (tertiary/aromatic N) is 3. The summed E-state index contributed by atoms with van der Waals surface area (Å²) in [6, 6.07) is 13.1. The molecule has 1 aromatic carbocycles. The second-order valence-electron chi connectivity index (χ2n) is 7.20. The van der Waals surface area contributed by atoms with Crippen molar-refractivity contribution < 1.29 is 14.1 Å². The molecule has 1 aliphatic rings. The van der Waals surface area contributed by atoms with Gasteiger partial charge in [0.15, 0.2) is 0 Å². The maximum absolute atomic E-state index is 12.6. The van der Waals surface area contributed by atoms with Gasteiger partial charge < -0.3 is 14.6 Å². The minimum absolute atomic E-state index is 0.206. The van der Waals surface area contributed by atoms with Gasteiger partial charge in [-0.25, -0.2) is 0 Å². The number of benzene rings is 1. The summed E-state index contributed by atoms with van der Waals surface area (Å²) in [5.41, 5.74) is 2.67. The van der Waals surface area contributed by atoms with Crippen molar-refractivity contribution in [3.05, 3.63) is 71.9 Å². The van der Waals surface area contributed by atoms with Crippen LogP contribution in [0.1, 0.15) is 40.6 Å². The topological polar surface area (TPSA) is 80.5 Å². The summed E-state index contributed by atoms with van der Waals surface area (Å²) in [6.45, 7) is 2.83. The van der Waals surface area contributed by atoms with E-state index >= 15 is 0 Å². The van der Waals surface area contributed by atoms with E-state index in [1.807, 2.05) is 36.7 Å². The van der Waals surface area contributed by atoms with Crippen LogP contribution in [0.2, 0.25) is 0 Å². The molecule has 3 heterocycles. The molecule has 0 bridgehead atoms. The molecule has 0 aliphatic carbocycles. The van der Waals surface area contributed by atoms with Crippen molar-refractivity contribution >= 4 is 11.6 Å². The monoisotopic (exact) mass is 392 g/mol. The normalized spacial score (nSPS) is 17.1. The van der Waals surface area contributed by atoms with Gasteiger partial charge in [0.25, 0.3) is 5.91 Å². The smallest absolute Gasteiger partial charge is 0.294 e. The van der Waals surface area contributed by atoms with Crippen LogP contribution in [-0.4, -0.2) is 41.1 Å². The second kappa shape index (κ2) is 8.87. The van der Waals surface area contributed by atoms with Crippen molar-refractivity contribution in [1.82, 2.24) is 15.0 Å². The summed E-state index contributed by atoms with van der Waals surface area (Å²) in [6.07, 6.45) is 5.76. The largest absolute Gasteiger partial charge is 0.495 e. The second-order valence-corrected chi connectivity index (χ2v) is 7.20. The fourth-order valence-corrected chi connectivity index (χ4v) is 3.71. The zero-order chi connectivity index (χ0) is 20.1. The van der Waals surface area contributed by atoms with Crippen molar-refractivity contribution in [1.29, 1.82) is 0 Å². The average Bonchev–Trinajstić information content (AvgIpc) is 3.26. The number of carbonyl (C=O) groups is 1. The van der Waals surface area contributed by atoms with E-state index in [2.05, 4.69) is 20.4 Å². The van der Waals surface area contributed by atoms with Crippen molar-refractivity contribution in [2.45, 2.75) is 25.3 Å². The Labute approximate surface area is 169 Å². The first-order valence-corrected chi connectivity index (χ1v) is 9.75. The third-order valence-electron chi connectivity index (χ3n) is 5.19. The highest BCUT2D eigenvalue weighted by Gasteiger charge is 2.25. The quantitative estimate of drug-likeness (QED) is 0.689. The molecule has 1 amide bonds. The van der Waals surface area contributed by atoms with Crippen LogP contribution in [0.4, 0.5) is 5.69 Å². The molecule has 7 nitrogen and oxygen atoms in total. The summed E-state index contributed by atoms with van der Waals surface area (Å²) in [4.78, 5) is 19.1. The van der Waals surface area contributed by atoms with Crippen molar-refractivity contribution in [2.24, 2.45) is 0 Å². The Morgan fingerprint density at radius 1 is 1.28 bits per heavy atom. The fraction of sp³-hybridized carbons (Fsp3) is 0.318. The van der Waals surface area contributed by atoms with E-state index < -0.39 is 0 Å². The van der Waals surface area contributed by atoms with Crippen LogP contribution in [-0.2, 0) is 6.54 Å². The van der Waals surface area contributed by atoms with Crippen molar-refractivity contribution in [3.8, 4) is 5.75 Å². The number of carbonyl (C=O) groups excluding carboxylic acids is 1. The Morgan fingerprint density at radius 3 is 2.93 bits per heavy atom. The van der Waals surface area contributed by atoms with E-state index in [0.717, 1.165) is 38.2 Å². The lowest BCUT2D eigenvalue weighted by atomic mass is 9.94. The van der Waals surface area contributed by atoms with Gasteiger partial charge in [0.2, 0.25) is 5.76 Å². The molecule has 0 radical (unpaired) electrons. The predicted molar refractivity (Wildman–Crippen MR) is 109 cm³/mol. The molecule has 1 fully saturated rings. The molecule has 1 N–H and O–H groups in total. The molecule has 4 rings (SSSR count). The number of pyridine rings is 1. The highest BCUT2D eigenvalue weighted by molar-refractivity contribution is 6.03. The first-order valence-electron chi connectivity index (χ1n) is 9.75. The van der Waals surface area contributed by atoms with E-state index in [0.29, 0.717) is 11.4 Å². The molecule has 1 atom stereocenters. The van der Waals surface area contributed by atoms with Crippen molar-refractivity contribution in [3.63, 3.8) is 0 Å². The first-order chi connectivity index (χ1) is 14.2. The number of hydrogen-bond acceptors (Lipinski definition) is 6. The number of anilines is 1. The molecule has 1 saturated heterocycles. The van der Waals surface area contributed by atoms with Crippen LogP contribution in [0.25, 0.3) is 0 Å². The van der Waals surface area contributed by atoms with Gasteiger partial charge >= 0.3 is 0 Å². The number of para-hydroxylation sites is 2. The third kappa shape index (κ3) is 4.63. The molecular formula is C22H24N4O3. The van der Waals surface area contributed by atoms with Crippen LogP contribution < -0.4 is 10.1 Å². The van der Waals surface area contributed by atoms with E-state index in [4.69, 9.17) is 9.26 Å². The number of aromatic nitrogens is 2. The van der Waals surface area contributed by atoms with Crippen LogP contribution in [0.5, 0.6) is 5.75 Å². The number of methoxy groups -OCH3 is 1. The number of rotatable bonds is 6. The SMILES string of the molecule is COc1ccccc1NC(=O)c1cc([C@@H]2CCCN(Cc3ccncc3)C2)no1. The molecule has 1 aliphatic heterocycles. The van der Waals surface area contributed by atoms with Crippen molar-refractivity contribution in [2.75, 3.05) is 25.5 Å². The molecule has 29 heavy (non-hydrogen) atoms. The Morgan fingerprint density at radius 2 is 2.10 bits per heavy atom. The Bertz CT molecular complexity index is 957. The lowest BCUT2D eigenvalue weighted by molar-refractivity contribution is 0.0987. The third-order valence-corrected chi connectivity index (χ3v) is 5.19. The highest BCUT2D eigenvalue weighted by Crippen LogP contribution is 2.28. The molecule has 0 spiro atoms. The number of nitrogens with one attached hydrogen (secondary N) is 1. The molecule has 0 unspecified atom stereocenters. The Hall–Kier alpha value is -3.19. The van der Waals surface area contributed by atoms with Crippen LogP contribution in [0, 0.1) is 0 Å². The van der Waals surface area contributed by atoms with E-state index in [9.17, 15) is 4.79 Å². The fourth-order valence-electron chi connectivity index (χ4n) is 3.71. The maximum Gasteiger partial charge on any atom is 0.294 e. The molecule has 0 saturated carbocycles. The zero-order valence-corrected chi connectivity index (χ0v) is 16.4. The zero-order valence-electron chi connectivity index (χ0n) is 16.4. The minimum Gasteiger partial charge on any atom is -0.495 e. The first kappa shape index (κ1) is 19.1. The van der Waals surface area contributed by atoms with Crippen LogP contribution >= 0.6 is 0 Å². The van der Waals surface area contributed by atoms with Gasteiger partial charge in [-0.1, -0.05) is 17.3 Å². The number of piperidine rings is 1. The van der Waals surface area contributed by atoms with Gasteiger partial charge in [0.1, 0.15) is 5.75 Å². The molecule has 150 valence electrons. The minimum atomic E-state index is -0.335. The number of likely N-dealkylation sites (tertiary alicyclic amines) is 1. The summed E-state index contributed by atoms with van der Waals surface area (Å²) in [5.74, 6) is 0.719. The highest BCUT2D eigenvalue weighted by atomic mass is 16.5. The maximum atomic E-state index is 12.6. The summed E-state index contributed by atoms with van der Waals surface area (Å²) < 4.78 is 10.6. The molecule has 2 aromatic heterocycles. The molecule has 7 heteroatoms. The standard InChI is InChI=1S/C22H24N4O3/c1-28-20-7-3-2-6-18(20)24-22(27)21-13-19(25-29-21)17-5-4-12-26(15-17)14-16-8-10-23-11-9-16/h2-3,6-11,13,17H,4-5,12,14-15H2,1H3,(H,24,27)/t17-/m1/s1. The summed E-state index contributed by atoms with van der Waals surface area (Å²) in [7, 11) is 1.57. The Balaban J connectivity index is 1.41. The number of hydrogen-bond donors (Lipinski definition) is 1.